The van der Waals surface area contributed by atoms with Crippen molar-refractivity contribution in [1.29, 1.82) is 5.26 Å². The zero-order chi connectivity index (χ0) is 16.8. The Morgan fingerprint density at radius 2 is 1.91 bits per heavy atom. The van der Waals surface area contributed by atoms with Gasteiger partial charge in [0.25, 0.3) is 5.91 Å². The molecule has 1 fully saturated rings. The van der Waals surface area contributed by atoms with E-state index in [1.807, 2.05) is 0 Å². The largest absolute Gasteiger partial charge is 0.349 e. The molecule has 0 bridgehead atoms. The Bertz CT molecular complexity index is 604. The summed E-state index contributed by atoms with van der Waals surface area (Å²) < 4.78 is 0. The fourth-order valence-corrected chi connectivity index (χ4v) is 3.02. The molecule has 3 atom stereocenters. The van der Waals surface area contributed by atoms with Gasteiger partial charge in [-0.05, 0) is 42.5 Å². The average molecular weight is 313 g/mol. The van der Waals surface area contributed by atoms with Crippen LogP contribution in [-0.4, -0.2) is 17.9 Å². The summed E-state index contributed by atoms with van der Waals surface area (Å²) in [4.78, 5) is 23.7. The van der Waals surface area contributed by atoms with E-state index in [0.29, 0.717) is 23.1 Å². The van der Waals surface area contributed by atoms with Crippen LogP contribution in [0.25, 0.3) is 0 Å². The number of rotatable bonds is 4. The van der Waals surface area contributed by atoms with Crippen molar-refractivity contribution in [3.8, 4) is 6.07 Å². The molecule has 1 aromatic carbocycles. The first-order chi connectivity index (χ1) is 11.0. The smallest absolute Gasteiger partial charge is 0.251 e. The standard InChI is InChI=1S/C18H23N3O2/c1-12-4-3-5-16(13(12)2)21-18(23)14-6-8-15(9-7-14)20-17(22)10-11-19/h6-9,12-13,16H,3-5,10H2,1-2H3,(H,20,22)(H,21,23)/t12-,13-,16+/m1/s1. The topological polar surface area (TPSA) is 82.0 Å². The molecule has 1 aliphatic carbocycles. The minimum Gasteiger partial charge on any atom is -0.349 e. The molecule has 1 aliphatic rings. The van der Waals surface area contributed by atoms with E-state index in [1.165, 1.54) is 6.42 Å². The van der Waals surface area contributed by atoms with Gasteiger partial charge in [0, 0.05) is 17.3 Å². The minimum absolute atomic E-state index is 0.0779. The third kappa shape index (κ3) is 4.56. The molecule has 0 aromatic heterocycles. The van der Waals surface area contributed by atoms with E-state index in [-0.39, 0.29) is 24.3 Å². The Kier molecular flexibility index (Phi) is 5.75. The van der Waals surface area contributed by atoms with E-state index in [0.717, 1.165) is 12.8 Å². The summed E-state index contributed by atoms with van der Waals surface area (Å²) in [5.74, 6) is 0.685. The molecule has 2 rings (SSSR count). The first-order valence-corrected chi connectivity index (χ1v) is 8.09. The number of amides is 2. The SMILES string of the molecule is C[C@@H]1[C@H](C)CCC[C@@H]1NC(=O)c1ccc(NC(=O)CC#N)cc1. The highest BCUT2D eigenvalue weighted by Gasteiger charge is 2.28. The number of nitrogens with one attached hydrogen (secondary N) is 2. The first kappa shape index (κ1) is 17.0. The lowest BCUT2D eigenvalue weighted by molar-refractivity contribution is -0.115. The third-order valence-electron chi connectivity index (χ3n) is 4.69. The highest BCUT2D eigenvalue weighted by molar-refractivity contribution is 5.96. The Morgan fingerprint density at radius 1 is 1.22 bits per heavy atom. The molecular formula is C18H23N3O2. The van der Waals surface area contributed by atoms with Crippen molar-refractivity contribution in [2.75, 3.05) is 5.32 Å². The van der Waals surface area contributed by atoms with Crippen LogP contribution in [0.15, 0.2) is 24.3 Å². The van der Waals surface area contributed by atoms with Gasteiger partial charge >= 0.3 is 0 Å². The lowest BCUT2D eigenvalue weighted by atomic mass is 9.78. The first-order valence-electron chi connectivity index (χ1n) is 8.09. The fraction of sp³-hybridized carbons (Fsp3) is 0.500. The second kappa shape index (κ2) is 7.77. The van der Waals surface area contributed by atoms with Crippen LogP contribution in [-0.2, 0) is 4.79 Å². The molecule has 1 aromatic rings. The number of carbonyl (C=O) groups excluding carboxylic acids is 2. The summed E-state index contributed by atoms with van der Waals surface area (Å²) in [6.45, 7) is 4.43. The monoisotopic (exact) mass is 313 g/mol. The average Bonchev–Trinajstić information content (AvgIpc) is 2.52. The van der Waals surface area contributed by atoms with Crippen LogP contribution in [0.3, 0.4) is 0 Å². The maximum atomic E-state index is 12.4. The van der Waals surface area contributed by atoms with Crippen molar-refractivity contribution in [2.45, 2.75) is 45.6 Å². The molecule has 0 radical (unpaired) electrons. The van der Waals surface area contributed by atoms with Crippen molar-refractivity contribution in [2.24, 2.45) is 11.8 Å². The molecule has 5 nitrogen and oxygen atoms in total. The van der Waals surface area contributed by atoms with Crippen molar-refractivity contribution < 1.29 is 9.59 Å². The third-order valence-corrected chi connectivity index (χ3v) is 4.69. The molecule has 23 heavy (non-hydrogen) atoms. The molecule has 0 spiro atoms. The van der Waals surface area contributed by atoms with Crippen LogP contribution in [0, 0.1) is 23.2 Å². The van der Waals surface area contributed by atoms with Crippen LogP contribution >= 0.6 is 0 Å². The highest BCUT2D eigenvalue weighted by Crippen LogP contribution is 2.29. The summed E-state index contributed by atoms with van der Waals surface area (Å²) in [6, 6.07) is 8.75. The Morgan fingerprint density at radius 3 is 2.57 bits per heavy atom. The van der Waals surface area contributed by atoms with E-state index in [9.17, 15) is 9.59 Å². The van der Waals surface area contributed by atoms with E-state index >= 15 is 0 Å². The van der Waals surface area contributed by atoms with Gasteiger partial charge in [0.05, 0.1) is 6.07 Å². The van der Waals surface area contributed by atoms with E-state index in [4.69, 9.17) is 5.26 Å². The summed E-state index contributed by atoms with van der Waals surface area (Å²) in [7, 11) is 0. The fourth-order valence-electron chi connectivity index (χ4n) is 3.02. The number of nitriles is 1. The zero-order valence-electron chi connectivity index (χ0n) is 13.6. The molecule has 0 aliphatic heterocycles. The minimum atomic E-state index is -0.352. The molecule has 122 valence electrons. The Labute approximate surface area is 137 Å². The van der Waals surface area contributed by atoms with Crippen LogP contribution in [0.4, 0.5) is 5.69 Å². The van der Waals surface area contributed by atoms with Crippen molar-refractivity contribution in [3.63, 3.8) is 0 Å². The molecule has 1 saturated carbocycles. The predicted octanol–water partition coefficient (Wildman–Crippen LogP) is 3.09. The van der Waals surface area contributed by atoms with Crippen LogP contribution in [0.2, 0.25) is 0 Å². The van der Waals surface area contributed by atoms with Gasteiger partial charge in [0.2, 0.25) is 5.91 Å². The van der Waals surface area contributed by atoms with Crippen molar-refractivity contribution in [3.05, 3.63) is 29.8 Å². The van der Waals surface area contributed by atoms with Crippen LogP contribution in [0.1, 0.15) is 49.9 Å². The number of anilines is 1. The summed E-state index contributed by atoms with van der Waals surface area (Å²) in [5, 5.41) is 14.2. The van der Waals surface area contributed by atoms with Gasteiger partial charge in [-0.15, -0.1) is 0 Å². The molecular weight excluding hydrogens is 290 g/mol. The van der Waals surface area contributed by atoms with E-state index in [2.05, 4.69) is 24.5 Å². The van der Waals surface area contributed by atoms with Gasteiger partial charge in [-0.2, -0.15) is 5.26 Å². The summed E-state index contributed by atoms with van der Waals surface area (Å²) >= 11 is 0. The summed E-state index contributed by atoms with van der Waals surface area (Å²) in [6.07, 6.45) is 3.23. The van der Waals surface area contributed by atoms with Gasteiger partial charge in [-0.25, -0.2) is 0 Å². The number of carbonyl (C=O) groups is 2. The quantitative estimate of drug-likeness (QED) is 0.896. The lowest BCUT2D eigenvalue weighted by Gasteiger charge is -2.34. The Balaban J connectivity index is 1.95. The van der Waals surface area contributed by atoms with E-state index in [1.54, 1.807) is 30.3 Å². The zero-order valence-corrected chi connectivity index (χ0v) is 13.6. The second-order valence-corrected chi connectivity index (χ2v) is 6.31. The van der Waals surface area contributed by atoms with Gasteiger partial charge in [-0.3, -0.25) is 9.59 Å². The number of benzene rings is 1. The van der Waals surface area contributed by atoms with Crippen LogP contribution in [0.5, 0.6) is 0 Å². The molecule has 0 heterocycles. The molecule has 2 amide bonds. The van der Waals surface area contributed by atoms with Gasteiger partial charge in [0.1, 0.15) is 6.42 Å². The maximum Gasteiger partial charge on any atom is 0.251 e. The normalized spacial score (nSPS) is 23.6. The maximum absolute atomic E-state index is 12.4. The predicted molar refractivity (Wildman–Crippen MR) is 88.7 cm³/mol. The number of hydrogen-bond donors (Lipinski definition) is 2. The molecule has 0 unspecified atom stereocenters. The second-order valence-electron chi connectivity index (χ2n) is 6.31. The Hall–Kier alpha value is -2.35. The molecule has 5 heteroatoms. The van der Waals surface area contributed by atoms with E-state index < -0.39 is 0 Å². The number of nitrogens with zero attached hydrogens (tertiary/aromatic N) is 1. The number of hydrogen-bond acceptors (Lipinski definition) is 3. The van der Waals surface area contributed by atoms with Gasteiger partial charge in [-0.1, -0.05) is 26.7 Å². The lowest BCUT2D eigenvalue weighted by Crippen LogP contribution is -2.43. The molecule has 0 saturated heterocycles. The van der Waals surface area contributed by atoms with Gasteiger partial charge in [0.15, 0.2) is 0 Å². The summed E-state index contributed by atoms with van der Waals surface area (Å²) in [5.41, 5.74) is 1.16. The van der Waals surface area contributed by atoms with Crippen molar-refractivity contribution in [1.82, 2.24) is 5.32 Å². The van der Waals surface area contributed by atoms with Crippen LogP contribution < -0.4 is 10.6 Å². The van der Waals surface area contributed by atoms with Gasteiger partial charge < -0.3 is 10.6 Å². The highest BCUT2D eigenvalue weighted by atomic mass is 16.2. The molecule has 2 N–H and O–H groups in total. The van der Waals surface area contributed by atoms with Crippen molar-refractivity contribution >= 4 is 17.5 Å².